The number of fused-ring (bicyclic) bond motifs is 3. The molecule has 0 unspecified atom stereocenters. The van der Waals surface area contributed by atoms with E-state index < -0.39 is 0 Å². The molecule has 0 radical (unpaired) electrons. The summed E-state index contributed by atoms with van der Waals surface area (Å²) in [6, 6.07) is 8.78. The summed E-state index contributed by atoms with van der Waals surface area (Å²) in [6.07, 6.45) is 7.37. The van der Waals surface area contributed by atoms with Crippen LogP contribution in [0.5, 0.6) is 0 Å². The molecule has 2 saturated heterocycles. The molecule has 4 N–H and O–H groups in total. The van der Waals surface area contributed by atoms with Crippen molar-refractivity contribution >= 4 is 12.1 Å². The summed E-state index contributed by atoms with van der Waals surface area (Å²) in [5.41, 5.74) is 8.18. The van der Waals surface area contributed by atoms with E-state index in [-0.39, 0.29) is 22.5 Å². The summed E-state index contributed by atoms with van der Waals surface area (Å²) in [5.74, 6) is -0.308. The number of ether oxygens (including phenoxy) is 1. The van der Waals surface area contributed by atoms with Crippen LogP contribution in [-0.4, -0.2) is 30.9 Å². The van der Waals surface area contributed by atoms with Gasteiger partial charge in [-0.25, -0.2) is 0 Å². The minimum Gasteiger partial charge on any atom is -0.404 e. The normalized spacial score (nSPS) is 28.6. The van der Waals surface area contributed by atoms with Crippen molar-refractivity contribution in [1.82, 2.24) is 5.32 Å². The van der Waals surface area contributed by atoms with Crippen LogP contribution in [0.2, 0.25) is 0 Å². The Morgan fingerprint density at radius 2 is 1.96 bits per heavy atom. The summed E-state index contributed by atoms with van der Waals surface area (Å²) >= 11 is 0. The van der Waals surface area contributed by atoms with E-state index in [2.05, 4.69) is 36.5 Å². The fourth-order valence-corrected chi connectivity index (χ4v) is 3.96. The van der Waals surface area contributed by atoms with Gasteiger partial charge in [0, 0.05) is 19.0 Å². The molecule has 3 fully saturated rings. The van der Waals surface area contributed by atoms with Gasteiger partial charge in [-0.3, -0.25) is 4.79 Å². The first-order valence-corrected chi connectivity index (χ1v) is 8.90. The molecule has 0 aromatic heterocycles. The summed E-state index contributed by atoms with van der Waals surface area (Å²) < 4.78 is 6.24. The number of nitrogens with two attached hydrogens (primary N) is 1. The van der Waals surface area contributed by atoms with Crippen molar-refractivity contribution in [3.8, 4) is 0 Å². The minimum absolute atomic E-state index is 0.178. The summed E-state index contributed by atoms with van der Waals surface area (Å²) in [6.45, 7) is 3.34. The van der Waals surface area contributed by atoms with Crippen LogP contribution in [0.15, 0.2) is 36.0 Å². The van der Waals surface area contributed by atoms with Crippen LogP contribution < -0.4 is 11.1 Å². The fourth-order valence-electron chi connectivity index (χ4n) is 3.96. The number of hydrogen-bond acceptors (Lipinski definition) is 4. The van der Waals surface area contributed by atoms with Crippen molar-refractivity contribution in [2.45, 2.75) is 44.6 Å². The second-order valence-corrected chi connectivity index (χ2v) is 7.58. The zero-order chi connectivity index (χ0) is 17.9. The molecule has 1 aromatic carbocycles. The Morgan fingerprint density at radius 3 is 2.48 bits per heavy atom. The maximum Gasteiger partial charge on any atom is 0.254 e. The second-order valence-electron chi connectivity index (χ2n) is 7.58. The molecule has 1 aliphatic carbocycles. The molecule has 134 valence electrons. The molecule has 5 nitrogen and oxygen atoms in total. The predicted octanol–water partition coefficient (Wildman–Crippen LogP) is 2.48. The van der Waals surface area contributed by atoms with E-state index in [1.165, 1.54) is 11.1 Å². The molecule has 4 rings (SSSR count). The van der Waals surface area contributed by atoms with Gasteiger partial charge in [-0.2, -0.15) is 0 Å². The minimum atomic E-state index is -0.308. The standard InChI is InChI=1S/C20H27N3O2/c1-15-2-4-16(5-3-15)10-19-6-8-20(9-7-19,25-14-19)13-23-18(24)17(11-21)12-22/h2-5,11-12,21H,6-10,13-14,22H2,1H3,(H,23,24)/b17-12+,21-11?. The summed E-state index contributed by atoms with van der Waals surface area (Å²) in [7, 11) is 0. The fraction of sp³-hybridized carbons (Fsp3) is 0.500. The van der Waals surface area contributed by atoms with Crippen molar-refractivity contribution in [2.75, 3.05) is 13.2 Å². The van der Waals surface area contributed by atoms with Gasteiger partial charge in [-0.05, 0) is 50.0 Å². The number of rotatable bonds is 6. The van der Waals surface area contributed by atoms with Gasteiger partial charge in [0.25, 0.3) is 5.91 Å². The van der Waals surface area contributed by atoms with Gasteiger partial charge < -0.3 is 21.2 Å². The van der Waals surface area contributed by atoms with E-state index in [0.29, 0.717) is 6.54 Å². The Kier molecular flexibility index (Phi) is 4.95. The van der Waals surface area contributed by atoms with Crippen molar-refractivity contribution in [3.05, 3.63) is 47.2 Å². The van der Waals surface area contributed by atoms with Gasteiger partial charge >= 0.3 is 0 Å². The van der Waals surface area contributed by atoms with Crippen LogP contribution in [0.1, 0.15) is 36.8 Å². The number of amides is 1. The van der Waals surface area contributed by atoms with Crippen LogP contribution in [-0.2, 0) is 16.0 Å². The molecule has 3 aliphatic rings. The molecule has 0 spiro atoms. The molecule has 2 aliphatic heterocycles. The molecule has 1 amide bonds. The molecule has 1 saturated carbocycles. The number of hydrogen-bond donors (Lipinski definition) is 3. The lowest BCUT2D eigenvalue weighted by atomic mass is 9.63. The highest BCUT2D eigenvalue weighted by molar-refractivity contribution is 6.11. The van der Waals surface area contributed by atoms with Crippen LogP contribution in [0.3, 0.4) is 0 Å². The Morgan fingerprint density at radius 1 is 1.28 bits per heavy atom. The summed E-state index contributed by atoms with van der Waals surface area (Å²) in [5, 5.41) is 10.1. The third-order valence-corrected chi connectivity index (χ3v) is 5.77. The Labute approximate surface area is 149 Å². The van der Waals surface area contributed by atoms with Gasteiger partial charge in [0.15, 0.2) is 0 Å². The zero-order valence-corrected chi connectivity index (χ0v) is 14.8. The van der Waals surface area contributed by atoms with Gasteiger partial charge in [-0.15, -0.1) is 0 Å². The van der Waals surface area contributed by atoms with Crippen LogP contribution in [0, 0.1) is 17.7 Å². The number of benzene rings is 1. The topological polar surface area (TPSA) is 88.2 Å². The van der Waals surface area contributed by atoms with Crippen LogP contribution in [0.4, 0.5) is 0 Å². The van der Waals surface area contributed by atoms with Crippen molar-refractivity contribution in [2.24, 2.45) is 11.1 Å². The lowest BCUT2D eigenvalue weighted by Crippen LogP contribution is -2.56. The monoisotopic (exact) mass is 341 g/mol. The number of aryl methyl sites for hydroxylation is 1. The SMILES string of the molecule is Cc1ccc(CC23CCC(CNC(=O)/C(C=N)=C/N)(CC2)OC3)cc1. The third kappa shape index (κ3) is 3.76. The van der Waals surface area contributed by atoms with E-state index >= 15 is 0 Å². The van der Waals surface area contributed by atoms with Gasteiger partial charge in [0.05, 0.1) is 17.8 Å². The zero-order valence-electron chi connectivity index (χ0n) is 14.8. The number of carbonyl (C=O) groups is 1. The lowest BCUT2D eigenvalue weighted by molar-refractivity contribution is -0.181. The molecule has 2 heterocycles. The highest BCUT2D eigenvalue weighted by Crippen LogP contribution is 2.50. The first kappa shape index (κ1) is 17.7. The molecule has 1 aromatic rings. The van der Waals surface area contributed by atoms with E-state index in [9.17, 15) is 4.79 Å². The largest absolute Gasteiger partial charge is 0.404 e. The van der Waals surface area contributed by atoms with Crippen molar-refractivity contribution in [1.29, 1.82) is 5.41 Å². The van der Waals surface area contributed by atoms with E-state index in [4.69, 9.17) is 15.9 Å². The van der Waals surface area contributed by atoms with E-state index in [0.717, 1.165) is 51.1 Å². The Bertz CT molecular complexity index is 654. The molecule has 2 bridgehead atoms. The average Bonchev–Trinajstić information content (AvgIpc) is 2.65. The molecule has 25 heavy (non-hydrogen) atoms. The first-order valence-electron chi connectivity index (χ1n) is 8.90. The Balaban J connectivity index is 1.58. The molecular formula is C20H27N3O2. The van der Waals surface area contributed by atoms with Crippen LogP contribution >= 0.6 is 0 Å². The highest BCUT2D eigenvalue weighted by atomic mass is 16.5. The molecular weight excluding hydrogens is 314 g/mol. The van der Waals surface area contributed by atoms with Crippen molar-refractivity contribution < 1.29 is 9.53 Å². The maximum absolute atomic E-state index is 12.0. The number of carbonyl (C=O) groups excluding carboxylic acids is 1. The van der Waals surface area contributed by atoms with E-state index in [1.807, 2.05) is 0 Å². The smallest absolute Gasteiger partial charge is 0.254 e. The summed E-state index contributed by atoms with van der Waals surface area (Å²) in [4.78, 5) is 12.0. The van der Waals surface area contributed by atoms with Gasteiger partial charge in [0.2, 0.25) is 0 Å². The predicted molar refractivity (Wildman–Crippen MR) is 98.5 cm³/mol. The molecule has 0 atom stereocenters. The molecule has 5 heteroatoms. The third-order valence-electron chi connectivity index (χ3n) is 5.77. The lowest BCUT2D eigenvalue weighted by Gasteiger charge is -2.53. The van der Waals surface area contributed by atoms with Crippen LogP contribution in [0.25, 0.3) is 0 Å². The first-order chi connectivity index (χ1) is 12.0. The highest BCUT2D eigenvalue weighted by Gasteiger charge is 2.49. The quantitative estimate of drug-likeness (QED) is 0.548. The number of nitrogens with one attached hydrogen (secondary N) is 2. The van der Waals surface area contributed by atoms with Gasteiger partial charge in [0.1, 0.15) is 0 Å². The second kappa shape index (κ2) is 7.00. The Hall–Kier alpha value is -2.14. The van der Waals surface area contributed by atoms with Crippen molar-refractivity contribution in [3.63, 3.8) is 0 Å². The average molecular weight is 341 g/mol. The van der Waals surface area contributed by atoms with E-state index in [1.54, 1.807) is 0 Å². The van der Waals surface area contributed by atoms with Gasteiger partial charge in [-0.1, -0.05) is 29.8 Å². The maximum atomic E-state index is 12.0.